The highest BCUT2D eigenvalue weighted by Crippen LogP contribution is 2.37. The van der Waals surface area contributed by atoms with E-state index in [1.807, 2.05) is 48.9 Å². The van der Waals surface area contributed by atoms with Crippen LogP contribution < -0.4 is 0 Å². The van der Waals surface area contributed by atoms with Gasteiger partial charge in [0.2, 0.25) is 0 Å². The van der Waals surface area contributed by atoms with Crippen molar-refractivity contribution < 1.29 is 14.6 Å². The smallest absolute Gasteiger partial charge is 0.332 e. The SMILES string of the molecule is COC(=O)/C=C(/CC(O)(C=C(SC)SC)c1ccccc1)N1CCCC1. The second-order valence-electron chi connectivity index (χ2n) is 6.19. The molecule has 4 nitrogen and oxygen atoms in total. The van der Waals surface area contributed by atoms with Crippen molar-refractivity contribution in [3.05, 3.63) is 58.0 Å². The van der Waals surface area contributed by atoms with Gasteiger partial charge in [0.25, 0.3) is 0 Å². The number of likely N-dealkylation sites (tertiary alicyclic amines) is 1. The van der Waals surface area contributed by atoms with Gasteiger partial charge in [-0.25, -0.2) is 4.79 Å². The highest BCUT2D eigenvalue weighted by Gasteiger charge is 2.31. The number of thioether (sulfide) groups is 2. The third kappa shape index (κ3) is 5.56. The van der Waals surface area contributed by atoms with E-state index in [2.05, 4.69) is 4.90 Å². The Kier molecular flexibility index (Phi) is 8.13. The van der Waals surface area contributed by atoms with Gasteiger partial charge in [-0.15, -0.1) is 23.5 Å². The highest BCUT2D eigenvalue weighted by molar-refractivity contribution is 8.21. The van der Waals surface area contributed by atoms with Gasteiger partial charge in [-0.2, -0.15) is 0 Å². The lowest BCUT2D eigenvalue weighted by Gasteiger charge is -2.31. The maximum absolute atomic E-state index is 11.9. The molecule has 1 aliphatic rings. The zero-order valence-electron chi connectivity index (χ0n) is 15.6. The maximum Gasteiger partial charge on any atom is 0.332 e. The first kappa shape index (κ1) is 20.9. The van der Waals surface area contributed by atoms with E-state index in [9.17, 15) is 9.90 Å². The van der Waals surface area contributed by atoms with E-state index < -0.39 is 5.60 Å². The summed E-state index contributed by atoms with van der Waals surface area (Å²) in [5, 5.41) is 11.6. The molecule has 1 saturated heterocycles. The summed E-state index contributed by atoms with van der Waals surface area (Å²) in [5.41, 5.74) is 0.444. The van der Waals surface area contributed by atoms with Crippen LogP contribution in [0.25, 0.3) is 0 Å². The number of hydrogen-bond donors (Lipinski definition) is 1. The summed E-state index contributed by atoms with van der Waals surface area (Å²) in [6.07, 6.45) is 9.94. The second-order valence-corrected chi connectivity index (χ2v) is 8.15. The van der Waals surface area contributed by atoms with E-state index in [4.69, 9.17) is 4.74 Å². The molecule has 1 heterocycles. The molecule has 1 N–H and O–H groups in total. The first-order valence-corrected chi connectivity index (χ1v) is 11.1. The minimum Gasteiger partial charge on any atom is -0.466 e. The average Bonchev–Trinajstić information content (AvgIpc) is 3.21. The number of methoxy groups -OCH3 is 1. The van der Waals surface area contributed by atoms with Crippen LogP contribution in [0.4, 0.5) is 0 Å². The second kappa shape index (κ2) is 10.1. The van der Waals surface area contributed by atoms with Crippen LogP contribution in [0.3, 0.4) is 0 Å². The molecule has 0 amide bonds. The van der Waals surface area contributed by atoms with Gasteiger partial charge in [0, 0.05) is 35.5 Å². The molecule has 142 valence electrons. The van der Waals surface area contributed by atoms with Gasteiger partial charge in [0.15, 0.2) is 0 Å². The number of benzene rings is 1. The molecule has 0 saturated carbocycles. The Bertz CT molecular complexity index is 648. The van der Waals surface area contributed by atoms with Crippen molar-refractivity contribution in [2.24, 2.45) is 0 Å². The molecule has 0 aliphatic carbocycles. The zero-order chi connectivity index (χ0) is 19.0. The predicted octanol–water partition coefficient (Wildman–Crippen LogP) is 3.98. The minimum absolute atomic E-state index is 0.330. The molecule has 2 rings (SSSR count). The zero-order valence-corrected chi connectivity index (χ0v) is 17.2. The van der Waals surface area contributed by atoms with E-state index >= 15 is 0 Å². The molecule has 6 heteroatoms. The Hall–Kier alpha value is -1.37. The molecule has 1 atom stereocenters. The van der Waals surface area contributed by atoms with Crippen molar-refractivity contribution in [2.75, 3.05) is 32.7 Å². The van der Waals surface area contributed by atoms with E-state index in [1.54, 1.807) is 23.5 Å². The Labute approximate surface area is 164 Å². The fraction of sp³-hybridized carbons (Fsp3) is 0.450. The topological polar surface area (TPSA) is 49.8 Å². The summed E-state index contributed by atoms with van der Waals surface area (Å²) >= 11 is 3.22. The average molecular weight is 394 g/mol. The number of esters is 1. The van der Waals surface area contributed by atoms with Gasteiger partial charge in [-0.05, 0) is 37.0 Å². The largest absolute Gasteiger partial charge is 0.466 e. The number of hydrogen-bond acceptors (Lipinski definition) is 6. The summed E-state index contributed by atoms with van der Waals surface area (Å²) < 4.78 is 5.87. The number of carbonyl (C=O) groups excluding carboxylic acids is 1. The molecular formula is C20H27NO3S2. The normalized spacial score (nSPS) is 16.9. The fourth-order valence-corrected chi connectivity index (χ4v) is 4.38. The quantitative estimate of drug-likeness (QED) is 0.532. The molecule has 0 bridgehead atoms. The maximum atomic E-state index is 11.9. The number of aliphatic hydroxyl groups is 1. The third-order valence-electron chi connectivity index (χ3n) is 4.48. The van der Waals surface area contributed by atoms with E-state index in [-0.39, 0.29) is 5.97 Å². The van der Waals surface area contributed by atoms with Crippen molar-refractivity contribution in [1.29, 1.82) is 0 Å². The predicted molar refractivity (Wildman–Crippen MR) is 111 cm³/mol. The molecule has 1 fully saturated rings. The number of nitrogens with zero attached hydrogens (tertiary/aromatic N) is 1. The van der Waals surface area contributed by atoms with Crippen molar-refractivity contribution >= 4 is 29.5 Å². The monoisotopic (exact) mass is 393 g/mol. The van der Waals surface area contributed by atoms with Crippen molar-refractivity contribution in [3.8, 4) is 0 Å². The Balaban J connectivity index is 2.44. The van der Waals surface area contributed by atoms with Gasteiger partial charge in [0.05, 0.1) is 7.11 Å². The van der Waals surface area contributed by atoms with Crippen LogP contribution in [-0.2, 0) is 15.1 Å². The Morgan fingerprint density at radius 1 is 1.23 bits per heavy atom. The first-order valence-electron chi connectivity index (χ1n) is 8.64. The van der Waals surface area contributed by atoms with Gasteiger partial charge in [-0.3, -0.25) is 0 Å². The van der Waals surface area contributed by atoms with Crippen molar-refractivity contribution in [3.63, 3.8) is 0 Å². The summed E-state index contributed by atoms with van der Waals surface area (Å²) in [6.45, 7) is 1.80. The van der Waals surface area contributed by atoms with Crippen molar-refractivity contribution in [2.45, 2.75) is 24.9 Å². The van der Waals surface area contributed by atoms with Crippen molar-refractivity contribution in [1.82, 2.24) is 4.90 Å². The first-order chi connectivity index (χ1) is 12.5. The molecule has 1 aromatic carbocycles. The molecule has 26 heavy (non-hydrogen) atoms. The van der Waals surface area contributed by atoms with Crippen LogP contribution in [0, 0.1) is 0 Å². The lowest BCUT2D eigenvalue weighted by atomic mass is 9.88. The van der Waals surface area contributed by atoms with E-state index in [0.717, 1.165) is 41.4 Å². The minimum atomic E-state index is -1.19. The summed E-state index contributed by atoms with van der Waals surface area (Å²) in [7, 11) is 1.38. The molecule has 0 spiro atoms. The fourth-order valence-electron chi connectivity index (χ4n) is 3.09. The van der Waals surface area contributed by atoms with Gasteiger partial charge in [0.1, 0.15) is 5.60 Å². The van der Waals surface area contributed by atoms with Crippen LogP contribution >= 0.6 is 23.5 Å². The van der Waals surface area contributed by atoms with Gasteiger partial charge >= 0.3 is 5.97 Å². The van der Waals surface area contributed by atoms with E-state index in [0.29, 0.717) is 6.42 Å². The van der Waals surface area contributed by atoms with Crippen LogP contribution in [0.1, 0.15) is 24.8 Å². The number of carbonyl (C=O) groups is 1. The third-order valence-corrected chi connectivity index (χ3v) is 6.52. The molecular weight excluding hydrogens is 366 g/mol. The molecule has 1 aromatic rings. The Morgan fingerprint density at radius 3 is 2.38 bits per heavy atom. The summed E-state index contributed by atoms with van der Waals surface area (Å²) in [6, 6.07) is 9.63. The standard InChI is InChI=1S/C20H27NO3S2/c1-24-18(22)13-17(21-11-7-8-12-21)14-20(23,15-19(25-2)26-3)16-9-5-4-6-10-16/h4-6,9-10,13,15,23H,7-8,11-12,14H2,1-3H3/b17-13-. The molecule has 0 radical (unpaired) electrons. The molecule has 0 aromatic heterocycles. The van der Waals surface area contributed by atoms with Gasteiger partial charge < -0.3 is 14.7 Å². The lowest BCUT2D eigenvalue weighted by molar-refractivity contribution is -0.135. The lowest BCUT2D eigenvalue weighted by Crippen LogP contribution is -2.30. The summed E-state index contributed by atoms with van der Waals surface area (Å²) in [4.78, 5) is 14.1. The number of rotatable bonds is 8. The molecule has 1 aliphatic heterocycles. The van der Waals surface area contributed by atoms with Crippen LogP contribution in [0.5, 0.6) is 0 Å². The van der Waals surface area contributed by atoms with E-state index in [1.165, 1.54) is 13.2 Å². The number of ether oxygens (including phenoxy) is 1. The van der Waals surface area contributed by atoms with Crippen LogP contribution in [0.15, 0.2) is 52.4 Å². The van der Waals surface area contributed by atoms with Crippen LogP contribution in [-0.4, -0.2) is 48.7 Å². The summed E-state index contributed by atoms with van der Waals surface area (Å²) in [5.74, 6) is -0.388. The van der Waals surface area contributed by atoms with Crippen LogP contribution in [0.2, 0.25) is 0 Å². The Morgan fingerprint density at radius 2 is 1.85 bits per heavy atom. The van der Waals surface area contributed by atoms with Gasteiger partial charge in [-0.1, -0.05) is 30.3 Å². The molecule has 1 unspecified atom stereocenters. The highest BCUT2D eigenvalue weighted by atomic mass is 32.2.